The quantitative estimate of drug-likeness (QED) is 0.213. The summed E-state index contributed by atoms with van der Waals surface area (Å²) >= 11 is 0. The van der Waals surface area contributed by atoms with Crippen LogP contribution in [0.1, 0.15) is 111 Å². The van der Waals surface area contributed by atoms with Gasteiger partial charge in [0, 0.05) is 0 Å². The molecule has 0 aliphatic heterocycles. The highest BCUT2D eigenvalue weighted by molar-refractivity contribution is 4.82. The van der Waals surface area contributed by atoms with E-state index in [4.69, 9.17) is 0 Å². The minimum Gasteiger partial charge on any atom is -0.0888 e. The lowest BCUT2D eigenvalue weighted by Crippen LogP contribution is -1.97. The fourth-order valence-electron chi connectivity index (χ4n) is 2.86. The molecule has 0 amide bonds. The van der Waals surface area contributed by atoms with Crippen LogP contribution in [-0.2, 0) is 0 Å². The first-order valence-electron chi connectivity index (χ1n) is 9.50. The third kappa shape index (κ3) is 14.2. The van der Waals surface area contributed by atoms with Gasteiger partial charge in [0.2, 0.25) is 0 Å². The van der Waals surface area contributed by atoms with E-state index in [-0.39, 0.29) is 0 Å². The Balaban J connectivity index is 3.26. The van der Waals surface area contributed by atoms with Crippen molar-refractivity contribution in [3.8, 4) is 0 Å². The van der Waals surface area contributed by atoms with E-state index in [0.717, 1.165) is 5.92 Å². The number of hydrogen-bond acceptors (Lipinski definition) is 0. The van der Waals surface area contributed by atoms with Crippen LogP contribution in [0.25, 0.3) is 0 Å². The van der Waals surface area contributed by atoms with E-state index in [0.29, 0.717) is 0 Å². The zero-order valence-corrected chi connectivity index (χ0v) is 14.6. The van der Waals surface area contributed by atoms with Gasteiger partial charge in [-0.05, 0) is 18.8 Å². The van der Waals surface area contributed by atoms with Crippen LogP contribution in [-0.4, -0.2) is 0 Å². The van der Waals surface area contributed by atoms with Gasteiger partial charge in [0.1, 0.15) is 0 Å². The molecular weight excluding hydrogens is 240 g/mol. The van der Waals surface area contributed by atoms with E-state index >= 15 is 0 Å². The molecule has 0 spiro atoms. The van der Waals surface area contributed by atoms with Crippen LogP contribution in [0, 0.1) is 5.92 Å². The molecule has 0 heterocycles. The van der Waals surface area contributed by atoms with Crippen molar-refractivity contribution in [1.29, 1.82) is 0 Å². The predicted octanol–water partition coefficient (Wildman–Crippen LogP) is 7.68. The van der Waals surface area contributed by atoms with Gasteiger partial charge < -0.3 is 0 Å². The Kier molecular flexibility index (Phi) is 16.6. The Morgan fingerprint density at radius 2 is 1.20 bits per heavy atom. The van der Waals surface area contributed by atoms with Gasteiger partial charge in [0.25, 0.3) is 0 Å². The van der Waals surface area contributed by atoms with Crippen LogP contribution >= 0.6 is 0 Å². The fraction of sp³-hybridized carbons (Fsp3) is 0.900. The molecule has 0 bridgehead atoms. The molecule has 0 N–H and O–H groups in total. The van der Waals surface area contributed by atoms with Crippen LogP contribution in [0.5, 0.6) is 0 Å². The van der Waals surface area contributed by atoms with Gasteiger partial charge in [-0.1, -0.05) is 110 Å². The predicted molar refractivity (Wildman–Crippen MR) is 94.3 cm³/mol. The molecule has 0 heteroatoms. The summed E-state index contributed by atoms with van der Waals surface area (Å²) in [5, 5.41) is 0. The minimum absolute atomic E-state index is 0.937. The van der Waals surface area contributed by atoms with Gasteiger partial charge in [-0.3, -0.25) is 0 Å². The molecule has 0 aromatic carbocycles. The summed E-state index contributed by atoms with van der Waals surface area (Å²) in [5.41, 5.74) is 0. The first-order valence-corrected chi connectivity index (χ1v) is 9.50. The molecular formula is C20H40. The normalized spacial score (nSPS) is 13.2. The zero-order valence-electron chi connectivity index (χ0n) is 14.6. The highest BCUT2D eigenvalue weighted by Gasteiger charge is 2.03. The molecule has 0 aromatic heterocycles. The standard InChI is InChI=1S/C20H40/c1-4-7-9-10-11-12-13-14-15-17-19-20(6-3)18-16-8-5-2/h8,16,20H,4-7,9-15,17-19H2,1-3H3/b16-8+. The molecule has 0 radical (unpaired) electrons. The minimum atomic E-state index is 0.937. The Morgan fingerprint density at radius 3 is 1.70 bits per heavy atom. The SMILES string of the molecule is CC/C=C/CC(CC)CCCCCCCCCCCC. The summed E-state index contributed by atoms with van der Waals surface area (Å²) in [6.07, 6.45) is 24.5. The molecule has 0 aromatic rings. The van der Waals surface area contributed by atoms with Crippen molar-refractivity contribution in [3.63, 3.8) is 0 Å². The van der Waals surface area contributed by atoms with Gasteiger partial charge in [0.05, 0.1) is 0 Å². The average Bonchev–Trinajstić information content (AvgIpc) is 2.47. The maximum atomic E-state index is 2.39. The fourth-order valence-corrected chi connectivity index (χ4v) is 2.86. The van der Waals surface area contributed by atoms with E-state index < -0.39 is 0 Å². The lowest BCUT2D eigenvalue weighted by atomic mass is 9.94. The van der Waals surface area contributed by atoms with Crippen molar-refractivity contribution < 1.29 is 0 Å². The van der Waals surface area contributed by atoms with E-state index in [1.165, 1.54) is 89.9 Å². The van der Waals surface area contributed by atoms with Crippen molar-refractivity contribution >= 4 is 0 Å². The molecule has 1 unspecified atom stereocenters. The largest absolute Gasteiger partial charge is 0.0888 e. The Morgan fingerprint density at radius 1 is 0.650 bits per heavy atom. The number of allylic oxidation sites excluding steroid dienone is 2. The van der Waals surface area contributed by atoms with E-state index in [9.17, 15) is 0 Å². The van der Waals surface area contributed by atoms with Crippen LogP contribution in [0.15, 0.2) is 12.2 Å². The second-order valence-electron chi connectivity index (χ2n) is 6.36. The van der Waals surface area contributed by atoms with Crippen molar-refractivity contribution in [2.45, 2.75) is 111 Å². The molecule has 120 valence electrons. The topological polar surface area (TPSA) is 0 Å². The Bertz CT molecular complexity index is 192. The number of hydrogen-bond donors (Lipinski definition) is 0. The smallest absolute Gasteiger partial charge is 0.0322 e. The first kappa shape index (κ1) is 19.7. The molecule has 0 rings (SSSR count). The summed E-state index contributed by atoms with van der Waals surface area (Å²) in [6, 6.07) is 0. The first-order chi connectivity index (χ1) is 9.85. The van der Waals surface area contributed by atoms with Crippen LogP contribution in [0.3, 0.4) is 0 Å². The van der Waals surface area contributed by atoms with Crippen molar-refractivity contribution in [2.24, 2.45) is 5.92 Å². The van der Waals surface area contributed by atoms with Gasteiger partial charge in [-0.15, -0.1) is 0 Å². The van der Waals surface area contributed by atoms with Gasteiger partial charge in [0.15, 0.2) is 0 Å². The molecule has 1 atom stereocenters. The van der Waals surface area contributed by atoms with Crippen LogP contribution in [0.2, 0.25) is 0 Å². The number of rotatable bonds is 15. The van der Waals surface area contributed by atoms with E-state index in [1.54, 1.807) is 0 Å². The molecule has 0 aliphatic rings. The lowest BCUT2D eigenvalue weighted by molar-refractivity contribution is 0.441. The lowest BCUT2D eigenvalue weighted by Gasteiger charge is -2.12. The van der Waals surface area contributed by atoms with Crippen LogP contribution in [0.4, 0.5) is 0 Å². The molecule has 0 nitrogen and oxygen atoms in total. The third-order valence-electron chi connectivity index (χ3n) is 4.42. The highest BCUT2D eigenvalue weighted by Crippen LogP contribution is 2.19. The van der Waals surface area contributed by atoms with Gasteiger partial charge >= 0.3 is 0 Å². The molecule has 0 saturated heterocycles. The Labute approximate surface area is 129 Å². The Hall–Kier alpha value is -0.260. The summed E-state index contributed by atoms with van der Waals surface area (Å²) in [5.74, 6) is 0.937. The molecule has 0 saturated carbocycles. The average molecular weight is 281 g/mol. The molecule has 0 aliphatic carbocycles. The van der Waals surface area contributed by atoms with Crippen LogP contribution < -0.4 is 0 Å². The van der Waals surface area contributed by atoms with Gasteiger partial charge in [-0.25, -0.2) is 0 Å². The second-order valence-corrected chi connectivity index (χ2v) is 6.36. The monoisotopic (exact) mass is 280 g/mol. The van der Waals surface area contributed by atoms with E-state index in [1.807, 2.05) is 0 Å². The summed E-state index contributed by atoms with van der Waals surface area (Å²) in [4.78, 5) is 0. The number of unbranched alkanes of at least 4 members (excludes halogenated alkanes) is 9. The highest BCUT2D eigenvalue weighted by atomic mass is 14.1. The summed E-state index contributed by atoms with van der Waals surface area (Å²) in [7, 11) is 0. The second kappa shape index (κ2) is 16.8. The van der Waals surface area contributed by atoms with E-state index in [2.05, 4.69) is 32.9 Å². The maximum Gasteiger partial charge on any atom is -0.0322 e. The molecule has 0 fully saturated rings. The maximum absolute atomic E-state index is 2.39. The van der Waals surface area contributed by atoms with Gasteiger partial charge in [-0.2, -0.15) is 0 Å². The summed E-state index contributed by atoms with van der Waals surface area (Å²) in [6.45, 7) is 6.86. The summed E-state index contributed by atoms with van der Waals surface area (Å²) < 4.78 is 0. The third-order valence-corrected chi connectivity index (χ3v) is 4.42. The van der Waals surface area contributed by atoms with Crippen molar-refractivity contribution in [3.05, 3.63) is 12.2 Å². The van der Waals surface area contributed by atoms with Crippen molar-refractivity contribution in [1.82, 2.24) is 0 Å². The van der Waals surface area contributed by atoms with Crippen molar-refractivity contribution in [2.75, 3.05) is 0 Å². The molecule has 20 heavy (non-hydrogen) atoms. The zero-order chi connectivity index (χ0) is 14.9.